The van der Waals surface area contributed by atoms with Gasteiger partial charge in [0.1, 0.15) is 5.52 Å². The van der Waals surface area contributed by atoms with Gasteiger partial charge in [0, 0.05) is 17.8 Å². The molecule has 5 aromatic rings. The minimum absolute atomic E-state index is 0.0693. The first-order valence-electron chi connectivity index (χ1n) is 12.8. The SMILES string of the molecule is CC(c1ccccc1)n1c(=O)n(C2CCC2)c(=O)c2[nH]c(-c3cnn(Cc4ccccc4C(F)(F)F)c3)cc21. The monoisotopic (exact) mass is 533 g/mol. The van der Waals surface area contributed by atoms with Crippen LogP contribution >= 0.6 is 0 Å². The first-order chi connectivity index (χ1) is 18.7. The lowest BCUT2D eigenvalue weighted by Gasteiger charge is -2.28. The zero-order chi connectivity index (χ0) is 27.3. The lowest BCUT2D eigenvalue weighted by Crippen LogP contribution is -2.44. The maximum Gasteiger partial charge on any atom is 0.416 e. The summed E-state index contributed by atoms with van der Waals surface area (Å²) >= 11 is 0. The van der Waals surface area contributed by atoms with Crippen LogP contribution in [0.3, 0.4) is 0 Å². The number of alkyl halides is 3. The van der Waals surface area contributed by atoms with Gasteiger partial charge in [-0.25, -0.2) is 4.79 Å². The summed E-state index contributed by atoms with van der Waals surface area (Å²) in [5.74, 6) is 0. The normalized spacial score (nSPS) is 15.0. The summed E-state index contributed by atoms with van der Waals surface area (Å²) in [7, 11) is 0. The molecule has 6 rings (SSSR count). The van der Waals surface area contributed by atoms with Gasteiger partial charge in [0.05, 0.1) is 35.6 Å². The molecule has 0 radical (unpaired) electrons. The largest absolute Gasteiger partial charge is 0.416 e. The van der Waals surface area contributed by atoms with Gasteiger partial charge in [-0.2, -0.15) is 18.3 Å². The van der Waals surface area contributed by atoms with Crippen molar-refractivity contribution in [2.24, 2.45) is 0 Å². The molecule has 2 aromatic carbocycles. The smallest absolute Gasteiger partial charge is 0.349 e. The Bertz CT molecular complexity index is 1770. The van der Waals surface area contributed by atoms with Crippen LogP contribution in [-0.4, -0.2) is 23.9 Å². The van der Waals surface area contributed by atoms with Crippen molar-refractivity contribution in [2.45, 2.75) is 51.0 Å². The number of halogens is 3. The zero-order valence-corrected chi connectivity index (χ0v) is 21.2. The average Bonchev–Trinajstić information content (AvgIpc) is 3.53. The summed E-state index contributed by atoms with van der Waals surface area (Å²) in [6.45, 7) is 1.86. The van der Waals surface area contributed by atoms with Gasteiger partial charge < -0.3 is 4.98 Å². The number of nitrogens with one attached hydrogen (secondary N) is 1. The van der Waals surface area contributed by atoms with Gasteiger partial charge in [0.25, 0.3) is 5.56 Å². The van der Waals surface area contributed by atoms with Crippen LogP contribution in [-0.2, 0) is 12.7 Å². The summed E-state index contributed by atoms with van der Waals surface area (Å²) in [5.41, 5.74) is 1.55. The second-order valence-corrected chi connectivity index (χ2v) is 10.0. The van der Waals surface area contributed by atoms with Crippen LogP contribution in [0.5, 0.6) is 0 Å². The minimum atomic E-state index is -4.47. The van der Waals surface area contributed by atoms with E-state index in [0.29, 0.717) is 22.3 Å². The number of benzene rings is 2. The van der Waals surface area contributed by atoms with Crippen molar-refractivity contribution in [3.8, 4) is 11.3 Å². The second-order valence-electron chi connectivity index (χ2n) is 10.0. The quantitative estimate of drug-likeness (QED) is 0.302. The molecule has 0 spiro atoms. The number of fused-ring (bicyclic) bond motifs is 1. The van der Waals surface area contributed by atoms with Gasteiger partial charge in [-0.3, -0.25) is 18.6 Å². The van der Waals surface area contributed by atoms with Crippen LogP contribution < -0.4 is 11.2 Å². The Morgan fingerprint density at radius 1 is 1.05 bits per heavy atom. The molecule has 0 saturated heterocycles. The van der Waals surface area contributed by atoms with E-state index < -0.39 is 11.7 Å². The number of aromatic amines is 1. The predicted octanol–water partition coefficient (Wildman–Crippen LogP) is 5.76. The van der Waals surface area contributed by atoms with Gasteiger partial charge in [-0.05, 0) is 49.4 Å². The van der Waals surface area contributed by atoms with E-state index in [2.05, 4.69) is 10.1 Å². The van der Waals surface area contributed by atoms with Crippen LogP contribution in [0.1, 0.15) is 55.0 Å². The number of rotatable bonds is 6. The molecule has 1 unspecified atom stereocenters. The third kappa shape index (κ3) is 4.39. The summed E-state index contributed by atoms with van der Waals surface area (Å²) in [5, 5.41) is 4.27. The Morgan fingerprint density at radius 3 is 2.46 bits per heavy atom. The lowest BCUT2D eigenvalue weighted by atomic mass is 9.93. The molecule has 1 aliphatic carbocycles. The molecule has 3 aromatic heterocycles. The first-order valence-corrected chi connectivity index (χ1v) is 12.8. The third-order valence-corrected chi connectivity index (χ3v) is 7.61. The molecule has 0 amide bonds. The first kappa shape index (κ1) is 25.0. The number of H-pyrrole nitrogens is 1. The van der Waals surface area contributed by atoms with Gasteiger partial charge in [0.2, 0.25) is 0 Å². The number of nitrogens with zero attached hydrogens (tertiary/aromatic N) is 4. The molecule has 39 heavy (non-hydrogen) atoms. The third-order valence-electron chi connectivity index (χ3n) is 7.61. The Balaban J connectivity index is 1.44. The highest BCUT2D eigenvalue weighted by atomic mass is 19.4. The number of hydrogen-bond acceptors (Lipinski definition) is 3. The van der Waals surface area contributed by atoms with Gasteiger partial charge in [-0.15, -0.1) is 0 Å². The van der Waals surface area contributed by atoms with E-state index >= 15 is 0 Å². The Kier molecular flexibility index (Phi) is 6.05. The summed E-state index contributed by atoms with van der Waals surface area (Å²) in [6.07, 6.45) is 1.22. The van der Waals surface area contributed by atoms with Crippen molar-refractivity contribution < 1.29 is 13.2 Å². The zero-order valence-electron chi connectivity index (χ0n) is 21.2. The fourth-order valence-electron chi connectivity index (χ4n) is 5.30. The molecule has 0 aliphatic heterocycles. The highest BCUT2D eigenvalue weighted by molar-refractivity contribution is 5.82. The van der Waals surface area contributed by atoms with Crippen molar-refractivity contribution in [3.05, 3.63) is 111 Å². The topological polar surface area (TPSA) is 77.6 Å². The Labute approximate surface area is 221 Å². The lowest BCUT2D eigenvalue weighted by molar-refractivity contribution is -0.138. The van der Waals surface area contributed by atoms with Crippen LogP contribution in [0.2, 0.25) is 0 Å². The van der Waals surface area contributed by atoms with Crippen LogP contribution in [0.25, 0.3) is 22.3 Å². The Morgan fingerprint density at radius 2 is 1.77 bits per heavy atom. The van der Waals surface area contributed by atoms with Crippen LogP contribution in [0.4, 0.5) is 13.2 Å². The molecule has 1 fully saturated rings. The average molecular weight is 534 g/mol. The van der Waals surface area contributed by atoms with Crippen molar-refractivity contribution in [1.29, 1.82) is 0 Å². The van der Waals surface area contributed by atoms with Gasteiger partial charge in [-0.1, -0.05) is 48.5 Å². The van der Waals surface area contributed by atoms with Gasteiger partial charge >= 0.3 is 11.9 Å². The van der Waals surface area contributed by atoms with Gasteiger partial charge in [0.15, 0.2) is 0 Å². The van der Waals surface area contributed by atoms with Crippen molar-refractivity contribution >= 4 is 11.0 Å². The van der Waals surface area contributed by atoms with Crippen molar-refractivity contribution in [2.75, 3.05) is 0 Å². The van der Waals surface area contributed by atoms with E-state index in [1.165, 1.54) is 27.6 Å². The fraction of sp³-hybridized carbons (Fsp3) is 0.276. The standard InChI is InChI=1S/C29H26F3N5O2/c1-18(19-8-3-2-4-9-19)36-25-14-24(34-26(25)27(38)37(28(36)39)22-11-7-12-22)21-15-33-35(17-21)16-20-10-5-6-13-23(20)29(30,31)32/h2-6,8-10,13-15,17-18,22,34H,7,11-12,16H2,1H3. The molecule has 1 atom stereocenters. The van der Waals surface area contributed by atoms with Crippen LogP contribution in [0.15, 0.2) is 82.6 Å². The molecule has 7 nitrogen and oxygen atoms in total. The minimum Gasteiger partial charge on any atom is -0.349 e. The molecule has 1 saturated carbocycles. The van der Waals surface area contributed by atoms with E-state index in [1.807, 2.05) is 37.3 Å². The molecular formula is C29H26F3N5O2. The maximum atomic E-state index is 13.7. The van der Waals surface area contributed by atoms with E-state index in [4.69, 9.17) is 0 Å². The van der Waals surface area contributed by atoms with Crippen molar-refractivity contribution in [1.82, 2.24) is 23.9 Å². The van der Waals surface area contributed by atoms with Crippen molar-refractivity contribution in [3.63, 3.8) is 0 Å². The van der Waals surface area contributed by atoms with Crippen LogP contribution in [0, 0.1) is 0 Å². The van der Waals surface area contributed by atoms with E-state index in [9.17, 15) is 22.8 Å². The molecule has 0 bridgehead atoms. The maximum absolute atomic E-state index is 13.7. The molecular weight excluding hydrogens is 507 g/mol. The highest BCUT2D eigenvalue weighted by Crippen LogP contribution is 2.33. The molecule has 1 aliphatic rings. The van der Waals surface area contributed by atoms with E-state index in [0.717, 1.165) is 30.9 Å². The molecule has 200 valence electrons. The summed E-state index contributed by atoms with van der Waals surface area (Å²) < 4.78 is 44.8. The van der Waals surface area contributed by atoms with E-state index in [-0.39, 0.29) is 35.4 Å². The molecule has 3 heterocycles. The molecule has 10 heteroatoms. The second kappa shape index (κ2) is 9.44. The summed E-state index contributed by atoms with van der Waals surface area (Å²) in [4.78, 5) is 30.4. The van der Waals surface area contributed by atoms with E-state index in [1.54, 1.807) is 22.9 Å². The molecule has 1 N–H and O–H groups in total. The fourth-order valence-corrected chi connectivity index (χ4v) is 5.30. The summed E-state index contributed by atoms with van der Waals surface area (Å²) in [6, 6.07) is 16.3. The number of aromatic nitrogens is 5. The predicted molar refractivity (Wildman–Crippen MR) is 142 cm³/mol. The Hall–Kier alpha value is -4.34. The highest BCUT2D eigenvalue weighted by Gasteiger charge is 2.33. The number of hydrogen-bond donors (Lipinski definition) is 1.